The predicted octanol–water partition coefficient (Wildman–Crippen LogP) is 5.29. The number of ether oxygens (including phenoxy) is 2. The molecule has 2 aromatic rings. The van der Waals surface area contributed by atoms with Crippen molar-refractivity contribution < 1.29 is 24.5 Å². The molecule has 30 heavy (non-hydrogen) atoms. The van der Waals surface area contributed by atoms with Crippen molar-refractivity contribution in [1.82, 2.24) is 0 Å². The molecule has 156 valence electrons. The van der Waals surface area contributed by atoms with Crippen molar-refractivity contribution in [1.29, 1.82) is 0 Å². The molecule has 7 heteroatoms. The Morgan fingerprint density at radius 1 is 1.10 bits per heavy atom. The summed E-state index contributed by atoms with van der Waals surface area (Å²) in [5.41, 5.74) is 2.11. The SMILES string of the molecule is CCOC(=O)C1=C(O)/C(=C\c2cc(C)ccc2O)SC1=Nc1ccc(OCC)cc1. The molecule has 2 aromatic carbocycles. The van der Waals surface area contributed by atoms with Gasteiger partial charge < -0.3 is 19.7 Å². The van der Waals surface area contributed by atoms with Crippen molar-refractivity contribution in [3.8, 4) is 11.5 Å². The van der Waals surface area contributed by atoms with Gasteiger partial charge in [-0.1, -0.05) is 23.4 Å². The number of carbonyl (C=O) groups is 1. The summed E-state index contributed by atoms with van der Waals surface area (Å²) in [5.74, 6) is -0.0655. The van der Waals surface area contributed by atoms with Crippen molar-refractivity contribution in [2.24, 2.45) is 4.99 Å². The molecule has 2 N–H and O–H groups in total. The lowest BCUT2D eigenvalue weighted by Gasteiger charge is -2.05. The van der Waals surface area contributed by atoms with E-state index in [0.717, 1.165) is 23.1 Å². The minimum Gasteiger partial charge on any atom is -0.507 e. The Bertz CT molecular complexity index is 1040. The predicted molar refractivity (Wildman–Crippen MR) is 119 cm³/mol. The number of phenolic OH excluding ortho intramolecular Hbond substituents is 1. The number of aliphatic hydroxyl groups excluding tert-OH is 1. The van der Waals surface area contributed by atoms with Gasteiger partial charge in [0.2, 0.25) is 0 Å². The summed E-state index contributed by atoms with van der Waals surface area (Å²) in [6.07, 6.45) is 1.63. The molecule has 0 saturated carbocycles. The molecule has 0 aromatic heterocycles. The van der Waals surface area contributed by atoms with E-state index >= 15 is 0 Å². The minimum absolute atomic E-state index is 0.00845. The van der Waals surface area contributed by atoms with Crippen LogP contribution in [-0.4, -0.2) is 34.4 Å². The lowest BCUT2D eigenvalue weighted by molar-refractivity contribution is -0.138. The van der Waals surface area contributed by atoms with E-state index in [4.69, 9.17) is 9.47 Å². The Kier molecular flexibility index (Phi) is 6.84. The number of hydrogen-bond acceptors (Lipinski definition) is 7. The van der Waals surface area contributed by atoms with Crippen LogP contribution in [-0.2, 0) is 9.53 Å². The number of aliphatic hydroxyl groups is 1. The maximum absolute atomic E-state index is 12.5. The molecule has 0 bridgehead atoms. The van der Waals surface area contributed by atoms with Gasteiger partial charge in [-0.25, -0.2) is 9.79 Å². The zero-order chi connectivity index (χ0) is 21.7. The minimum atomic E-state index is -0.649. The molecular weight excluding hydrogens is 402 g/mol. The Hall–Kier alpha value is -3.19. The van der Waals surface area contributed by atoms with Crippen LogP contribution in [0, 0.1) is 6.92 Å². The van der Waals surface area contributed by atoms with E-state index in [0.29, 0.717) is 27.8 Å². The van der Waals surface area contributed by atoms with Gasteiger partial charge >= 0.3 is 5.97 Å². The molecule has 0 amide bonds. The highest BCUT2D eigenvalue weighted by Crippen LogP contribution is 2.41. The van der Waals surface area contributed by atoms with Gasteiger partial charge in [0.15, 0.2) is 0 Å². The second-order valence-electron chi connectivity index (χ2n) is 6.46. The number of esters is 1. The summed E-state index contributed by atoms with van der Waals surface area (Å²) in [5, 5.41) is 21.2. The highest BCUT2D eigenvalue weighted by molar-refractivity contribution is 8.18. The highest BCUT2D eigenvalue weighted by Gasteiger charge is 2.33. The molecule has 0 fully saturated rings. The van der Waals surface area contributed by atoms with Gasteiger partial charge in [-0.2, -0.15) is 0 Å². The second-order valence-corrected chi connectivity index (χ2v) is 7.49. The zero-order valence-electron chi connectivity index (χ0n) is 17.0. The molecule has 1 heterocycles. The van der Waals surface area contributed by atoms with E-state index in [1.54, 1.807) is 55.5 Å². The highest BCUT2D eigenvalue weighted by atomic mass is 32.2. The van der Waals surface area contributed by atoms with Gasteiger partial charge in [0.1, 0.15) is 27.9 Å². The third kappa shape index (κ3) is 4.86. The molecule has 0 atom stereocenters. The Morgan fingerprint density at radius 3 is 2.50 bits per heavy atom. The van der Waals surface area contributed by atoms with Crippen molar-refractivity contribution in [3.05, 3.63) is 69.8 Å². The third-order valence-corrected chi connectivity index (χ3v) is 5.24. The molecule has 0 aliphatic carbocycles. The normalized spacial score (nSPS) is 16.4. The maximum atomic E-state index is 12.5. The Balaban J connectivity index is 2.01. The largest absolute Gasteiger partial charge is 0.507 e. The van der Waals surface area contributed by atoms with E-state index in [9.17, 15) is 15.0 Å². The average Bonchev–Trinajstić information content (AvgIpc) is 3.01. The van der Waals surface area contributed by atoms with Crippen molar-refractivity contribution in [3.63, 3.8) is 0 Å². The molecule has 6 nitrogen and oxygen atoms in total. The van der Waals surface area contributed by atoms with Crippen molar-refractivity contribution in [2.45, 2.75) is 20.8 Å². The standard InChI is InChI=1S/C23H23NO5S/c1-4-28-17-9-7-16(8-10-17)24-22-20(23(27)29-5-2)21(26)19(30-22)13-15-12-14(3)6-11-18(15)25/h6-13,25-26H,4-5H2,1-3H3/b19-13+,24-22?. The van der Waals surface area contributed by atoms with Gasteiger partial charge in [-0.15, -0.1) is 0 Å². The van der Waals surface area contributed by atoms with Crippen LogP contribution >= 0.6 is 11.8 Å². The zero-order valence-corrected chi connectivity index (χ0v) is 17.8. The number of nitrogens with zero attached hydrogens (tertiary/aromatic N) is 1. The van der Waals surface area contributed by atoms with Crippen LogP contribution in [0.5, 0.6) is 11.5 Å². The molecule has 0 spiro atoms. The number of hydrogen-bond donors (Lipinski definition) is 2. The van der Waals surface area contributed by atoms with Gasteiger partial charge in [0, 0.05) is 5.56 Å². The first-order chi connectivity index (χ1) is 14.4. The Morgan fingerprint density at radius 2 is 1.83 bits per heavy atom. The lowest BCUT2D eigenvalue weighted by Crippen LogP contribution is -2.12. The van der Waals surface area contributed by atoms with Crippen LogP contribution in [0.15, 0.2) is 63.7 Å². The van der Waals surface area contributed by atoms with Crippen molar-refractivity contribution in [2.75, 3.05) is 13.2 Å². The summed E-state index contributed by atoms with van der Waals surface area (Å²) in [4.78, 5) is 17.4. The van der Waals surface area contributed by atoms with E-state index in [2.05, 4.69) is 4.99 Å². The fourth-order valence-electron chi connectivity index (χ4n) is 2.82. The molecule has 1 aliphatic rings. The van der Waals surface area contributed by atoms with Gasteiger partial charge in [-0.3, -0.25) is 0 Å². The molecule has 0 saturated heterocycles. The summed E-state index contributed by atoms with van der Waals surface area (Å²) >= 11 is 1.14. The van der Waals surface area contributed by atoms with Crippen LogP contribution in [0.3, 0.4) is 0 Å². The number of phenols is 1. The summed E-state index contributed by atoms with van der Waals surface area (Å²) in [6, 6.07) is 12.3. The average molecular weight is 426 g/mol. The van der Waals surface area contributed by atoms with Gasteiger partial charge in [0.05, 0.1) is 23.8 Å². The first-order valence-corrected chi connectivity index (χ1v) is 10.4. The number of carbonyl (C=O) groups excluding carboxylic acids is 1. The van der Waals surface area contributed by atoms with Gasteiger partial charge in [0.25, 0.3) is 0 Å². The van der Waals surface area contributed by atoms with Crippen LogP contribution in [0.4, 0.5) is 5.69 Å². The number of thioether (sulfide) groups is 1. The fraction of sp³-hybridized carbons (Fsp3) is 0.217. The number of rotatable bonds is 6. The summed E-state index contributed by atoms with van der Waals surface area (Å²) in [7, 11) is 0. The molecule has 0 radical (unpaired) electrons. The Labute approximate surface area is 179 Å². The van der Waals surface area contributed by atoms with E-state index in [1.807, 2.05) is 13.8 Å². The lowest BCUT2D eigenvalue weighted by atomic mass is 10.1. The van der Waals surface area contributed by atoms with Crippen LogP contribution in [0.2, 0.25) is 0 Å². The molecule has 3 rings (SSSR count). The molecular formula is C23H23NO5S. The smallest absolute Gasteiger partial charge is 0.344 e. The number of aliphatic imine (C=N–C) groups is 1. The summed E-state index contributed by atoms with van der Waals surface area (Å²) in [6.45, 7) is 6.24. The fourth-order valence-corrected chi connectivity index (χ4v) is 3.85. The van der Waals surface area contributed by atoms with Crippen LogP contribution in [0.25, 0.3) is 6.08 Å². The quantitative estimate of drug-likeness (QED) is 0.611. The number of benzene rings is 2. The number of aromatic hydroxyl groups is 1. The van der Waals surface area contributed by atoms with E-state index in [1.165, 1.54) is 0 Å². The monoisotopic (exact) mass is 425 g/mol. The van der Waals surface area contributed by atoms with E-state index in [-0.39, 0.29) is 23.7 Å². The summed E-state index contributed by atoms with van der Waals surface area (Å²) < 4.78 is 10.5. The van der Waals surface area contributed by atoms with Crippen LogP contribution in [0.1, 0.15) is 25.0 Å². The topological polar surface area (TPSA) is 88.4 Å². The first kappa shape index (κ1) is 21.5. The first-order valence-electron chi connectivity index (χ1n) is 9.54. The molecule has 1 aliphatic heterocycles. The van der Waals surface area contributed by atoms with Crippen molar-refractivity contribution >= 4 is 34.5 Å². The number of aryl methyl sites for hydroxylation is 1. The van der Waals surface area contributed by atoms with Gasteiger partial charge in [-0.05, 0) is 63.2 Å². The third-order valence-electron chi connectivity index (χ3n) is 4.22. The van der Waals surface area contributed by atoms with Crippen LogP contribution < -0.4 is 4.74 Å². The van der Waals surface area contributed by atoms with E-state index < -0.39 is 5.97 Å². The molecule has 0 unspecified atom stereocenters. The maximum Gasteiger partial charge on any atom is 0.344 e. The second kappa shape index (κ2) is 9.54.